The van der Waals surface area contributed by atoms with Crippen LogP contribution < -0.4 is 0 Å². The number of benzene rings is 1. The van der Waals surface area contributed by atoms with Crippen LogP contribution in [0.5, 0.6) is 0 Å². The third-order valence-corrected chi connectivity index (χ3v) is 3.03. The van der Waals surface area contributed by atoms with Gasteiger partial charge in [0.2, 0.25) is 0 Å². The third kappa shape index (κ3) is 2.75. The standard InChI is InChI=1S/C16H17FO2/c1-3-5-13-14(6-4-2)19-16(18)15(13)11-7-9-12(17)10-8-11/h6-10H,3-5H2,1-2H3/b14-6-. The van der Waals surface area contributed by atoms with Crippen molar-refractivity contribution < 1.29 is 13.9 Å². The van der Waals surface area contributed by atoms with Gasteiger partial charge in [-0.05, 0) is 36.6 Å². The maximum absolute atomic E-state index is 13.0. The summed E-state index contributed by atoms with van der Waals surface area (Å²) in [6, 6.07) is 5.97. The largest absolute Gasteiger partial charge is 0.423 e. The van der Waals surface area contributed by atoms with Crippen LogP contribution in [0.15, 0.2) is 41.7 Å². The van der Waals surface area contributed by atoms with E-state index < -0.39 is 0 Å². The number of esters is 1. The molecule has 1 aliphatic rings. The maximum Gasteiger partial charge on any atom is 0.344 e. The zero-order valence-electron chi connectivity index (χ0n) is 11.2. The molecule has 0 atom stereocenters. The Morgan fingerprint density at radius 3 is 2.47 bits per heavy atom. The van der Waals surface area contributed by atoms with Crippen LogP contribution in [0.3, 0.4) is 0 Å². The summed E-state index contributed by atoms with van der Waals surface area (Å²) in [7, 11) is 0. The Labute approximate surface area is 112 Å². The lowest BCUT2D eigenvalue weighted by atomic mass is 9.97. The Kier molecular flexibility index (Phi) is 4.15. The molecule has 1 heterocycles. The summed E-state index contributed by atoms with van der Waals surface area (Å²) in [6.45, 7) is 4.06. The lowest BCUT2D eigenvalue weighted by molar-refractivity contribution is -0.131. The molecule has 0 radical (unpaired) electrons. The fourth-order valence-electron chi connectivity index (χ4n) is 2.22. The molecule has 1 aromatic carbocycles. The minimum Gasteiger partial charge on any atom is -0.423 e. The second-order valence-electron chi connectivity index (χ2n) is 4.48. The molecule has 1 aromatic rings. The Morgan fingerprint density at radius 1 is 1.21 bits per heavy atom. The van der Waals surface area contributed by atoms with Crippen molar-refractivity contribution in [2.45, 2.75) is 33.1 Å². The zero-order valence-corrected chi connectivity index (χ0v) is 11.2. The highest BCUT2D eigenvalue weighted by Gasteiger charge is 2.29. The molecule has 0 aromatic heterocycles. The molecule has 2 nitrogen and oxygen atoms in total. The smallest absolute Gasteiger partial charge is 0.344 e. The average molecular weight is 260 g/mol. The molecular formula is C16H17FO2. The summed E-state index contributed by atoms with van der Waals surface area (Å²) in [5.74, 6) is 0.0144. The maximum atomic E-state index is 13.0. The van der Waals surface area contributed by atoms with E-state index >= 15 is 0 Å². The first-order valence-electron chi connectivity index (χ1n) is 6.59. The highest BCUT2D eigenvalue weighted by Crippen LogP contribution is 2.36. The van der Waals surface area contributed by atoms with E-state index in [1.54, 1.807) is 12.1 Å². The number of ether oxygens (including phenoxy) is 1. The number of allylic oxidation sites excluding steroid dienone is 2. The van der Waals surface area contributed by atoms with Crippen LogP contribution in [0.1, 0.15) is 38.7 Å². The van der Waals surface area contributed by atoms with Crippen LogP contribution in [-0.2, 0) is 9.53 Å². The van der Waals surface area contributed by atoms with E-state index in [1.807, 2.05) is 13.0 Å². The van der Waals surface area contributed by atoms with Crippen LogP contribution in [0, 0.1) is 5.82 Å². The first-order valence-corrected chi connectivity index (χ1v) is 6.59. The van der Waals surface area contributed by atoms with Crippen LogP contribution in [0.4, 0.5) is 4.39 Å². The van der Waals surface area contributed by atoms with Gasteiger partial charge < -0.3 is 4.74 Å². The van der Waals surface area contributed by atoms with Crippen LogP contribution in [-0.4, -0.2) is 5.97 Å². The van der Waals surface area contributed by atoms with Gasteiger partial charge in [-0.25, -0.2) is 9.18 Å². The van der Waals surface area contributed by atoms with Gasteiger partial charge in [0.25, 0.3) is 0 Å². The van der Waals surface area contributed by atoms with Gasteiger partial charge in [0.05, 0.1) is 5.57 Å². The number of halogens is 1. The number of hydrogen-bond acceptors (Lipinski definition) is 2. The first kappa shape index (κ1) is 13.5. The van der Waals surface area contributed by atoms with Crippen molar-refractivity contribution in [2.24, 2.45) is 0 Å². The number of rotatable bonds is 4. The summed E-state index contributed by atoms with van der Waals surface area (Å²) >= 11 is 0. The molecule has 19 heavy (non-hydrogen) atoms. The second-order valence-corrected chi connectivity index (χ2v) is 4.48. The highest BCUT2D eigenvalue weighted by atomic mass is 19.1. The van der Waals surface area contributed by atoms with E-state index in [0.29, 0.717) is 16.9 Å². The van der Waals surface area contributed by atoms with Crippen LogP contribution in [0.2, 0.25) is 0 Å². The molecule has 0 amide bonds. The van der Waals surface area contributed by atoms with Gasteiger partial charge in [0.15, 0.2) is 0 Å². The highest BCUT2D eigenvalue weighted by molar-refractivity contribution is 6.21. The quantitative estimate of drug-likeness (QED) is 0.757. The Morgan fingerprint density at radius 2 is 1.89 bits per heavy atom. The summed E-state index contributed by atoms with van der Waals surface area (Å²) in [6.07, 6.45) is 4.44. The van der Waals surface area contributed by atoms with E-state index in [4.69, 9.17) is 4.74 Å². The van der Waals surface area contributed by atoms with Gasteiger partial charge in [-0.1, -0.05) is 32.4 Å². The minimum atomic E-state index is -0.338. The predicted molar refractivity (Wildman–Crippen MR) is 72.7 cm³/mol. The molecule has 0 saturated heterocycles. The molecule has 0 aliphatic carbocycles. The number of carbonyl (C=O) groups is 1. The molecule has 0 fully saturated rings. The van der Waals surface area contributed by atoms with Crippen molar-refractivity contribution in [3.8, 4) is 0 Å². The van der Waals surface area contributed by atoms with Crippen molar-refractivity contribution in [3.05, 3.63) is 53.1 Å². The lowest BCUT2D eigenvalue weighted by Crippen LogP contribution is -1.98. The molecule has 0 N–H and O–H groups in total. The Balaban J connectivity index is 2.50. The number of hydrogen-bond donors (Lipinski definition) is 0. The minimum absolute atomic E-state index is 0.308. The Hall–Kier alpha value is -1.90. The molecule has 0 spiro atoms. The fourth-order valence-corrected chi connectivity index (χ4v) is 2.22. The molecule has 100 valence electrons. The number of cyclic esters (lactones) is 1. The van der Waals surface area contributed by atoms with Crippen LogP contribution in [0.25, 0.3) is 5.57 Å². The van der Waals surface area contributed by atoms with Gasteiger partial charge in [-0.3, -0.25) is 0 Å². The zero-order chi connectivity index (χ0) is 13.8. The van der Waals surface area contributed by atoms with Crippen molar-refractivity contribution in [1.29, 1.82) is 0 Å². The monoisotopic (exact) mass is 260 g/mol. The van der Waals surface area contributed by atoms with E-state index in [2.05, 4.69) is 6.92 Å². The van der Waals surface area contributed by atoms with Gasteiger partial charge >= 0.3 is 5.97 Å². The van der Waals surface area contributed by atoms with Crippen molar-refractivity contribution in [1.82, 2.24) is 0 Å². The van der Waals surface area contributed by atoms with E-state index in [1.165, 1.54) is 12.1 Å². The molecule has 1 aliphatic heterocycles. The van der Waals surface area contributed by atoms with E-state index in [-0.39, 0.29) is 11.8 Å². The summed E-state index contributed by atoms with van der Waals surface area (Å²) in [4.78, 5) is 12.0. The molecular weight excluding hydrogens is 243 g/mol. The summed E-state index contributed by atoms with van der Waals surface area (Å²) < 4.78 is 18.3. The lowest BCUT2D eigenvalue weighted by Gasteiger charge is -2.03. The number of carbonyl (C=O) groups excluding carboxylic acids is 1. The normalized spacial score (nSPS) is 17.2. The summed E-state index contributed by atoms with van der Waals surface area (Å²) in [5, 5.41) is 0. The van der Waals surface area contributed by atoms with Crippen molar-refractivity contribution >= 4 is 11.5 Å². The first-order chi connectivity index (χ1) is 9.17. The molecule has 3 heteroatoms. The molecule has 2 rings (SSSR count). The Bertz CT molecular complexity index is 538. The molecule has 0 saturated carbocycles. The van der Waals surface area contributed by atoms with Gasteiger partial charge in [-0.2, -0.15) is 0 Å². The van der Waals surface area contributed by atoms with E-state index in [9.17, 15) is 9.18 Å². The van der Waals surface area contributed by atoms with Gasteiger partial charge in [0.1, 0.15) is 11.6 Å². The van der Waals surface area contributed by atoms with Gasteiger partial charge in [0, 0.05) is 5.57 Å². The average Bonchev–Trinajstić information content (AvgIpc) is 2.68. The predicted octanol–water partition coefficient (Wildman–Crippen LogP) is 4.23. The van der Waals surface area contributed by atoms with Crippen molar-refractivity contribution in [2.75, 3.05) is 0 Å². The van der Waals surface area contributed by atoms with Crippen molar-refractivity contribution in [3.63, 3.8) is 0 Å². The summed E-state index contributed by atoms with van der Waals surface area (Å²) in [5.41, 5.74) is 2.22. The fraction of sp³-hybridized carbons (Fsp3) is 0.312. The SMILES string of the molecule is CC/C=C1\OC(=O)C(c2ccc(F)cc2)=C1CCC. The van der Waals surface area contributed by atoms with E-state index in [0.717, 1.165) is 24.8 Å². The van der Waals surface area contributed by atoms with Gasteiger partial charge in [-0.15, -0.1) is 0 Å². The topological polar surface area (TPSA) is 26.3 Å². The molecule has 0 unspecified atom stereocenters. The third-order valence-electron chi connectivity index (χ3n) is 3.03. The second kappa shape index (κ2) is 5.83. The van der Waals surface area contributed by atoms with Crippen LogP contribution >= 0.6 is 0 Å². The molecule has 0 bridgehead atoms.